The van der Waals surface area contributed by atoms with Gasteiger partial charge in [0.25, 0.3) is 4.62 Å². The fourth-order valence-electron chi connectivity index (χ4n) is 3.07. The summed E-state index contributed by atoms with van der Waals surface area (Å²) in [5.74, 6) is 0.000595. The lowest BCUT2D eigenvalue weighted by Gasteiger charge is -2.36. The number of piperazine rings is 1. The first-order valence-corrected chi connectivity index (χ1v) is 9.18. The first-order valence-electron chi connectivity index (χ1n) is 8.38. The number of aromatic nitrogens is 2. The lowest BCUT2D eigenvalue weighted by molar-refractivity contribution is -0.137. The van der Waals surface area contributed by atoms with Crippen LogP contribution < -0.4 is 16.0 Å². The number of hydrogen-bond acceptors (Lipinski definition) is 5. The van der Waals surface area contributed by atoms with Gasteiger partial charge in [0.1, 0.15) is 29.3 Å². The monoisotopic (exact) mass is 461 g/mol. The summed E-state index contributed by atoms with van der Waals surface area (Å²) >= 11 is 3.21. The van der Waals surface area contributed by atoms with E-state index in [-0.39, 0.29) is 17.9 Å². The number of benzene rings is 1. The van der Waals surface area contributed by atoms with Crippen LogP contribution >= 0.6 is 15.9 Å². The molecule has 1 aromatic carbocycles. The molecular weight excluding hydrogens is 444 g/mol. The van der Waals surface area contributed by atoms with Gasteiger partial charge in [0.2, 0.25) is 0 Å². The Balaban J connectivity index is 1.67. The van der Waals surface area contributed by atoms with Gasteiger partial charge in [-0.15, -0.1) is 0 Å². The molecule has 1 fully saturated rings. The molecule has 0 aliphatic carbocycles. The molecule has 0 radical (unpaired) electrons. The van der Waals surface area contributed by atoms with Crippen molar-refractivity contribution >= 4 is 32.2 Å². The molecule has 1 aromatic heterocycles. The van der Waals surface area contributed by atoms with Gasteiger partial charge in [-0.3, -0.25) is 4.90 Å². The molecule has 6 nitrogen and oxygen atoms in total. The van der Waals surface area contributed by atoms with E-state index >= 15 is 0 Å². The van der Waals surface area contributed by atoms with Crippen molar-refractivity contribution in [3.8, 4) is 0 Å². The zero-order valence-electron chi connectivity index (χ0n) is 14.7. The topological polar surface area (TPSA) is 83.9 Å². The highest BCUT2D eigenvalue weighted by Crippen LogP contribution is 2.30. The van der Waals surface area contributed by atoms with Crippen LogP contribution in [-0.2, 0) is 12.7 Å². The molecule has 0 spiro atoms. The van der Waals surface area contributed by atoms with Gasteiger partial charge in [-0.2, -0.15) is 13.2 Å². The van der Waals surface area contributed by atoms with Crippen molar-refractivity contribution in [1.82, 2.24) is 14.9 Å². The molecular formula is C17H18BrF4N6+. The van der Waals surface area contributed by atoms with Crippen LogP contribution in [-0.4, -0.2) is 45.7 Å². The van der Waals surface area contributed by atoms with E-state index in [4.69, 9.17) is 11.1 Å². The molecule has 1 aliphatic heterocycles. The minimum atomic E-state index is -4.56. The molecule has 28 heavy (non-hydrogen) atoms. The molecule has 2 heterocycles. The van der Waals surface area contributed by atoms with Gasteiger partial charge in [0.05, 0.1) is 5.56 Å². The fourth-order valence-corrected chi connectivity index (χ4v) is 3.45. The summed E-state index contributed by atoms with van der Waals surface area (Å²) in [5, 5.41) is 5.83. The Morgan fingerprint density at radius 2 is 1.86 bits per heavy atom. The Morgan fingerprint density at radius 3 is 2.43 bits per heavy atom. The number of nitrogens with zero attached hydrogens (tertiary/aromatic N) is 4. The molecule has 0 saturated carbocycles. The normalized spacial score (nSPS) is 15.7. The van der Waals surface area contributed by atoms with E-state index in [1.165, 1.54) is 12.4 Å². The molecule has 3 rings (SSSR count). The molecule has 150 valence electrons. The summed E-state index contributed by atoms with van der Waals surface area (Å²) < 4.78 is 52.4. The molecule has 1 saturated heterocycles. The van der Waals surface area contributed by atoms with E-state index < -0.39 is 17.6 Å². The maximum absolute atomic E-state index is 14.1. The van der Waals surface area contributed by atoms with Crippen molar-refractivity contribution in [2.45, 2.75) is 12.7 Å². The summed E-state index contributed by atoms with van der Waals surface area (Å²) in [6.07, 6.45) is -3.20. The summed E-state index contributed by atoms with van der Waals surface area (Å²) in [7, 11) is 0. The average Bonchev–Trinajstić information content (AvgIpc) is 2.62. The maximum Gasteiger partial charge on any atom is 0.416 e. The fraction of sp³-hybridized carbons (Fsp3) is 0.353. The van der Waals surface area contributed by atoms with Crippen molar-refractivity contribution < 1.29 is 23.0 Å². The summed E-state index contributed by atoms with van der Waals surface area (Å²) in [6.45, 7) is 2.53. The molecule has 0 amide bonds. The lowest BCUT2D eigenvalue weighted by Crippen LogP contribution is -2.47. The first-order chi connectivity index (χ1) is 13.2. The molecule has 2 aromatic rings. The van der Waals surface area contributed by atoms with Crippen LogP contribution in [0.15, 0.2) is 24.5 Å². The molecule has 0 unspecified atom stereocenters. The van der Waals surface area contributed by atoms with Gasteiger partial charge in [0.15, 0.2) is 0 Å². The van der Waals surface area contributed by atoms with E-state index in [1.54, 1.807) is 0 Å². The van der Waals surface area contributed by atoms with Crippen LogP contribution in [0.1, 0.15) is 16.7 Å². The van der Waals surface area contributed by atoms with E-state index in [9.17, 15) is 17.6 Å². The number of nitrogen functional groups attached to an aromatic ring is 1. The van der Waals surface area contributed by atoms with Crippen molar-refractivity contribution in [3.05, 3.63) is 47.0 Å². The van der Waals surface area contributed by atoms with Gasteiger partial charge in [-0.1, -0.05) is 6.07 Å². The number of hydrogen-bond donors (Lipinski definition) is 2. The van der Waals surface area contributed by atoms with Crippen LogP contribution in [0, 0.1) is 5.82 Å². The number of rotatable bonds is 4. The van der Waals surface area contributed by atoms with Crippen LogP contribution in [0.25, 0.3) is 0 Å². The van der Waals surface area contributed by atoms with E-state index in [1.807, 2.05) is 9.80 Å². The lowest BCUT2D eigenvalue weighted by atomic mass is 10.1. The standard InChI is InChI=1S/C17H17BrF4N6/c18-14(23)13-15(24)25-9-26-16(13)28-5-3-27(4-6-28)8-10-1-2-11(7-12(10)19)17(20,21)22/h1-2,7,9,23H,3-6,8H2,(H2,24,25,26)/p+1. The zero-order chi connectivity index (χ0) is 20.5. The highest BCUT2D eigenvalue weighted by molar-refractivity contribution is 9.18. The molecule has 1 aliphatic rings. The van der Waals surface area contributed by atoms with Crippen LogP contribution in [0.5, 0.6) is 0 Å². The summed E-state index contributed by atoms with van der Waals surface area (Å²) in [6, 6.07) is 2.63. The number of nitrogens with two attached hydrogens (primary N) is 2. The number of halogens is 5. The highest BCUT2D eigenvalue weighted by atomic mass is 79.9. The number of alkyl halides is 3. The van der Waals surface area contributed by atoms with Crippen molar-refractivity contribution in [2.75, 3.05) is 36.8 Å². The minimum Gasteiger partial charge on any atom is -0.383 e. The predicted molar refractivity (Wildman–Crippen MR) is 100 cm³/mol. The Hall–Kier alpha value is -2.27. The smallest absolute Gasteiger partial charge is 0.383 e. The quantitative estimate of drug-likeness (QED) is 0.531. The molecule has 11 heteroatoms. The van der Waals surface area contributed by atoms with Crippen LogP contribution in [0.3, 0.4) is 0 Å². The highest BCUT2D eigenvalue weighted by Gasteiger charge is 2.31. The van der Waals surface area contributed by atoms with E-state index in [0.717, 1.165) is 6.07 Å². The maximum atomic E-state index is 14.1. The second-order valence-corrected chi connectivity index (χ2v) is 7.23. The molecule has 0 atom stereocenters. The predicted octanol–water partition coefficient (Wildman–Crippen LogP) is 1.44. The van der Waals surface area contributed by atoms with Crippen molar-refractivity contribution in [1.29, 1.82) is 0 Å². The molecule has 4 N–H and O–H groups in total. The van der Waals surface area contributed by atoms with Gasteiger partial charge in [-0.05, 0) is 12.1 Å². The second kappa shape index (κ2) is 8.00. The summed E-state index contributed by atoms with van der Waals surface area (Å²) in [4.78, 5) is 12.1. The van der Waals surface area contributed by atoms with Crippen molar-refractivity contribution in [2.24, 2.45) is 0 Å². The Kier molecular flexibility index (Phi) is 5.84. The third-order valence-electron chi connectivity index (χ3n) is 4.54. The third kappa shape index (κ3) is 4.41. The van der Waals surface area contributed by atoms with Gasteiger partial charge >= 0.3 is 6.18 Å². The second-order valence-electron chi connectivity index (χ2n) is 6.37. The van der Waals surface area contributed by atoms with Gasteiger partial charge in [0, 0.05) is 54.2 Å². The Morgan fingerprint density at radius 1 is 1.18 bits per heavy atom. The van der Waals surface area contributed by atoms with E-state index in [0.29, 0.717) is 48.2 Å². The minimum absolute atomic E-state index is 0.225. The Bertz CT molecular complexity index is 880. The largest absolute Gasteiger partial charge is 0.416 e. The number of anilines is 2. The molecule has 0 bridgehead atoms. The SMILES string of the molecule is Nc1ncnc(N2CCN(Cc3ccc(C(F)(F)F)cc3F)CC2)c1C(=[NH2+])Br. The van der Waals surface area contributed by atoms with E-state index in [2.05, 4.69) is 25.9 Å². The average molecular weight is 462 g/mol. The van der Waals surface area contributed by atoms with Gasteiger partial charge < -0.3 is 10.6 Å². The third-order valence-corrected chi connectivity index (χ3v) is 4.94. The van der Waals surface area contributed by atoms with Crippen molar-refractivity contribution in [3.63, 3.8) is 0 Å². The van der Waals surface area contributed by atoms with Crippen LogP contribution in [0.2, 0.25) is 0 Å². The Labute approximate surface area is 167 Å². The summed E-state index contributed by atoms with van der Waals surface area (Å²) in [5.41, 5.74) is 5.63. The van der Waals surface area contributed by atoms with Gasteiger partial charge in [-0.25, -0.2) is 19.8 Å². The van der Waals surface area contributed by atoms with Crippen LogP contribution in [0.4, 0.5) is 29.2 Å². The first kappa shape index (κ1) is 20.5. The zero-order valence-corrected chi connectivity index (χ0v) is 16.3.